The van der Waals surface area contributed by atoms with Gasteiger partial charge in [0.15, 0.2) is 5.78 Å². The third kappa shape index (κ3) is 2.92. The van der Waals surface area contributed by atoms with Crippen LogP contribution in [0.3, 0.4) is 0 Å². The number of carbonyl (C=O) groups excluding carboxylic acids is 1. The van der Waals surface area contributed by atoms with Crippen LogP contribution in [0.2, 0.25) is 5.15 Å². The lowest BCUT2D eigenvalue weighted by Gasteiger charge is -2.05. The maximum Gasteiger partial charge on any atom is 0.199 e. The molecule has 0 aliphatic carbocycles. The molecule has 0 saturated heterocycles. The van der Waals surface area contributed by atoms with Gasteiger partial charge in [0.1, 0.15) is 11.5 Å². The summed E-state index contributed by atoms with van der Waals surface area (Å²) >= 11 is 6.08. The Labute approximate surface area is 149 Å². The number of benzene rings is 2. The summed E-state index contributed by atoms with van der Waals surface area (Å²) < 4.78 is 2.08. The highest BCUT2D eigenvalue weighted by Gasteiger charge is 2.19. The Morgan fingerprint density at radius 1 is 1.00 bits per heavy atom. The normalized spacial score (nSPS) is 10.9. The van der Waals surface area contributed by atoms with E-state index in [1.54, 1.807) is 0 Å². The molecule has 0 aliphatic heterocycles. The van der Waals surface area contributed by atoms with E-state index >= 15 is 0 Å². The number of para-hydroxylation sites is 1. The van der Waals surface area contributed by atoms with Gasteiger partial charge in [-0.1, -0.05) is 60.1 Å². The van der Waals surface area contributed by atoms with Crippen LogP contribution in [0.1, 0.15) is 21.5 Å². The minimum Gasteiger partial charge on any atom is -0.342 e. The lowest BCUT2D eigenvalue weighted by atomic mass is 10.1. The fourth-order valence-electron chi connectivity index (χ4n) is 2.95. The van der Waals surface area contributed by atoms with Crippen molar-refractivity contribution < 1.29 is 4.79 Å². The van der Waals surface area contributed by atoms with Gasteiger partial charge in [-0.25, -0.2) is 9.97 Å². The molecule has 0 atom stereocenters. The number of aromatic nitrogens is 3. The Morgan fingerprint density at radius 3 is 2.56 bits per heavy atom. The van der Waals surface area contributed by atoms with Crippen LogP contribution in [-0.2, 0) is 6.54 Å². The highest BCUT2D eigenvalue weighted by molar-refractivity contribution is 6.34. The van der Waals surface area contributed by atoms with Gasteiger partial charge in [0, 0.05) is 35.4 Å². The number of hydrogen-bond donors (Lipinski definition) is 0. The molecule has 0 unspecified atom stereocenters. The summed E-state index contributed by atoms with van der Waals surface area (Å²) in [5, 5.41) is 1.06. The molecule has 0 spiro atoms. The summed E-state index contributed by atoms with van der Waals surface area (Å²) in [4.78, 5) is 20.8. The first kappa shape index (κ1) is 15.5. The summed E-state index contributed by atoms with van der Waals surface area (Å²) in [7, 11) is 0. The third-order valence-electron chi connectivity index (χ3n) is 4.14. The van der Waals surface area contributed by atoms with Gasteiger partial charge < -0.3 is 4.57 Å². The molecule has 5 heteroatoms. The van der Waals surface area contributed by atoms with Gasteiger partial charge >= 0.3 is 0 Å². The predicted molar refractivity (Wildman–Crippen MR) is 98.0 cm³/mol. The zero-order valence-corrected chi connectivity index (χ0v) is 14.0. The van der Waals surface area contributed by atoms with Crippen LogP contribution in [-0.4, -0.2) is 20.3 Å². The fraction of sp³-hybridized carbons (Fsp3) is 0.0500. The summed E-state index contributed by atoms with van der Waals surface area (Å²) in [6.45, 7) is 0.688. The van der Waals surface area contributed by atoms with Gasteiger partial charge in [-0.3, -0.25) is 4.79 Å². The highest BCUT2D eigenvalue weighted by atomic mass is 35.5. The van der Waals surface area contributed by atoms with Gasteiger partial charge in [0.05, 0.1) is 5.56 Å². The Hall–Kier alpha value is -2.98. The molecule has 0 N–H and O–H groups in total. The summed E-state index contributed by atoms with van der Waals surface area (Å²) in [6.07, 6.45) is 4.67. The van der Waals surface area contributed by atoms with Crippen molar-refractivity contribution in [2.24, 2.45) is 0 Å². The molecule has 0 radical (unpaired) electrons. The largest absolute Gasteiger partial charge is 0.342 e. The molecule has 4 nitrogen and oxygen atoms in total. The first-order chi connectivity index (χ1) is 12.2. The number of fused-ring (bicyclic) bond motifs is 1. The Bertz CT molecular complexity index is 1060. The molecule has 25 heavy (non-hydrogen) atoms. The SMILES string of the molecule is O=C(c1cncnc1Cl)c1cn(Cc2ccccc2)c2ccccc12. The highest BCUT2D eigenvalue weighted by Crippen LogP contribution is 2.26. The molecule has 0 saturated carbocycles. The number of rotatable bonds is 4. The topological polar surface area (TPSA) is 47.8 Å². The number of ketones is 1. The molecule has 4 aromatic rings. The average Bonchev–Trinajstić information content (AvgIpc) is 3.01. The van der Waals surface area contributed by atoms with E-state index in [1.165, 1.54) is 18.1 Å². The molecule has 122 valence electrons. The van der Waals surface area contributed by atoms with Crippen LogP contribution in [0.5, 0.6) is 0 Å². The molecule has 2 aromatic heterocycles. The van der Waals surface area contributed by atoms with E-state index in [0.29, 0.717) is 17.7 Å². The van der Waals surface area contributed by atoms with E-state index in [0.717, 1.165) is 10.9 Å². The third-order valence-corrected chi connectivity index (χ3v) is 4.44. The van der Waals surface area contributed by atoms with E-state index in [9.17, 15) is 4.79 Å². The van der Waals surface area contributed by atoms with Crippen molar-refractivity contribution >= 4 is 28.3 Å². The molecular formula is C20H14ClN3O. The number of halogens is 1. The number of carbonyl (C=O) groups is 1. The molecule has 2 aromatic carbocycles. The van der Waals surface area contributed by atoms with E-state index in [2.05, 4.69) is 26.7 Å². The lowest BCUT2D eigenvalue weighted by molar-refractivity contribution is 0.103. The smallest absolute Gasteiger partial charge is 0.199 e. The molecule has 0 amide bonds. The molecular weight excluding hydrogens is 334 g/mol. The monoisotopic (exact) mass is 347 g/mol. The minimum atomic E-state index is -0.173. The first-order valence-electron chi connectivity index (χ1n) is 7.86. The minimum absolute atomic E-state index is 0.167. The van der Waals surface area contributed by atoms with Crippen molar-refractivity contribution in [1.29, 1.82) is 0 Å². The van der Waals surface area contributed by atoms with Crippen molar-refractivity contribution in [2.75, 3.05) is 0 Å². The maximum atomic E-state index is 13.0. The standard InChI is InChI=1S/C20H14ClN3O/c21-20-16(10-22-13-23-20)19(25)17-12-24(11-14-6-2-1-3-7-14)18-9-5-4-8-15(17)18/h1-10,12-13H,11H2. The van der Waals surface area contributed by atoms with Crippen molar-refractivity contribution in [3.05, 3.63) is 95.2 Å². The Balaban J connectivity index is 1.83. The van der Waals surface area contributed by atoms with Crippen LogP contribution in [0.4, 0.5) is 0 Å². The molecule has 0 aliphatic rings. The summed E-state index contributed by atoms with van der Waals surface area (Å²) in [6, 6.07) is 18.0. The molecule has 2 heterocycles. The summed E-state index contributed by atoms with van der Waals surface area (Å²) in [5.74, 6) is -0.173. The van der Waals surface area contributed by atoms with Crippen LogP contribution in [0, 0.1) is 0 Å². The van der Waals surface area contributed by atoms with Gasteiger partial charge in [0.2, 0.25) is 0 Å². The number of nitrogens with zero attached hydrogens (tertiary/aromatic N) is 3. The quantitative estimate of drug-likeness (QED) is 0.407. The van der Waals surface area contributed by atoms with Crippen LogP contribution in [0.15, 0.2) is 73.3 Å². The van der Waals surface area contributed by atoms with E-state index in [1.807, 2.05) is 48.7 Å². The Morgan fingerprint density at radius 2 is 1.76 bits per heavy atom. The van der Waals surface area contributed by atoms with Crippen molar-refractivity contribution in [2.45, 2.75) is 6.54 Å². The molecule has 0 fully saturated rings. The van der Waals surface area contributed by atoms with Crippen LogP contribution < -0.4 is 0 Å². The fourth-order valence-corrected chi connectivity index (χ4v) is 3.13. The first-order valence-corrected chi connectivity index (χ1v) is 8.24. The zero-order chi connectivity index (χ0) is 17.2. The second-order valence-corrected chi connectivity index (χ2v) is 6.09. The van der Waals surface area contributed by atoms with Gasteiger partial charge in [-0.15, -0.1) is 0 Å². The maximum absolute atomic E-state index is 13.0. The van der Waals surface area contributed by atoms with Gasteiger partial charge in [0.25, 0.3) is 0 Å². The number of hydrogen-bond acceptors (Lipinski definition) is 3. The van der Waals surface area contributed by atoms with Gasteiger partial charge in [-0.2, -0.15) is 0 Å². The van der Waals surface area contributed by atoms with E-state index in [-0.39, 0.29) is 10.9 Å². The Kier molecular flexibility index (Phi) is 4.04. The van der Waals surface area contributed by atoms with Crippen molar-refractivity contribution in [1.82, 2.24) is 14.5 Å². The summed E-state index contributed by atoms with van der Waals surface area (Å²) in [5.41, 5.74) is 3.08. The molecule has 4 rings (SSSR count). The van der Waals surface area contributed by atoms with E-state index in [4.69, 9.17) is 11.6 Å². The van der Waals surface area contributed by atoms with Crippen LogP contribution in [0.25, 0.3) is 10.9 Å². The second-order valence-electron chi connectivity index (χ2n) is 5.73. The average molecular weight is 348 g/mol. The molecule has 0 bridgehead atoms. The van der Waals surface area contributed by atoms with E-state index < -0.39 is 0 Å². The van der Waals surface area contributed by atoms with Crippen molar-refractivity contribution in [3.8, 4) is 0 Å². The van der Waals surface area contributed by atoms with Crippen LogP contribution >= 0.6 is 11.6 Å². The predicted octanol–water partition coefficient (Wildman–Crippen LogP) is 4.36. The van der Waals surface area contributed by atoms with Crippen molar-refractivity contribution in [3.63, 3.8) is 0 Å². The second kappa shape index (κ2) is 6.49. The lowest BCUT2D eigenvalue weighted by Crippen LogP contribution is -2.04. The van der Waals surface area contributed by atoms with Gasteiger partial charge in [-0.05, 0) is 11.6 Å². The zero-order valence-electron chi connectivity index (χ0n) is 13.3.